The molecule has 0 amide bonds. The van der Waals surface area contributed by atoms with Gasteiger partial charge in [0, 0.05) is 24.5 Å². The van der Waals surface area contributed by atoms with Crippen molar-refractivity contribution >= 4 is 21.4 Å². The molecule has 1 aromatic carbocycles. The zero-order valence-corrected chi connectivity index (χ0v) is 13.0. The van der Waals surface area contributed by atoms with Crippen molar-refractivity contribution in [3.8, 4) is 0 Å². The summed E-state index contributed by atoms with van der Waals surface area (Å²) in [5, 5.41) is 5.23. The fraction of sp³-hybridized carbons (Fsp3) is 0.538. The number of sulfonamides is 1. The largest absolute Gasteiger partial charge is 0.399 e. The van der Waals surface area contributed by atoms with Crippen LogP contribution >= 0.6 is 0 Å². The summed E-state index contributed by atoms with van der Waals surface area (Å²) in [5.41, 5.74) is 7.62. The first-order chi connectivity index (χ1) is 8.55. The third-order valence-corrected chi connectivity index (χ3v) is 4.65. The van der Waals surface area contributed by atoms with E-state index in [2.05, 4.69) is 20.8 Å². The Morgan fingerprint density at radius 1 is 1.21 bits per heavy atom. The molecule has 0 spiro atoms. The van der Waals surface area contributed by atoms with E-state index in [1.165, 1.54) is 6.07 Å². The van der Waals surface area contributed by atoms with E-state index in [0.29, 0.717) is 17.2 Å². The molecule has 4 N–H and O–H groups in total. The van der Waals surface area contributed by atoms with Crippen LogP contribution in [-0.4, -0.2) is 21.5 Å². The standard InChI is InChI=1S/C13H23N3O2S/c1-8(2)10(4)16(5)12-6-11(14)7-13(9(12)3)19(15,17)18/h6-8,10H,14H2,1-5H3,(H2,15,17,18). The molecule has 5 nitrogen and oxygen atoms in total. The van der Waals surface area contributed by atoms with Gasteiger partial charge in [-0.05, 0) is 37.5 Å². The van der Waals surface area contributed by atoms with Crippen LogP contribution in [-0.2, 0) is 10.0 Å². The second-order valence-electron chi connectivity index (χ2n) is 5.30. The lowest BCUT2D eigenvalue weighted by molar-refractivity contribution is 0.505. The molecule has 1 atom stereocenters. The molecule has 1 rings (SSSR count). The van der Waals surface area contributed by atoms with Gasteiger partial charge >= 0.3 is 0 Å². The van der Waals surface area contributed by atoms with E-state index >= 15 is 0 Å². The van der Waals surface area contributed by atoms with E-state index in [1.54, 1.807) is 13.0 Å². The van der Waals surface area contributed by atoms with Gasteiger partial charge in [0.2, 0.25) is 10.0 Å². The second-order valence-corrected chi connectivity index (χ2v) is 6.83. The summed E-state index contributed by atoms with van der Waals surface area (Å²) in [6.45, 7) is 8.06. The number of primary sulfonamides is 1. The van der Waals surface area contributed by atoms with Gasteiger partial charge in [0.1, 0.15) is 0 Å². The molecule has 0 saturated carbocycles. The molecule has 108 valence electrons. The maximum atomic E-state index is 11.6. The van der Waals surface area contributed by atoms with E-state index in [1.807, 2.05) is 11.9 Å². The van der Waals surface area contributed by atoms with Gasteiger partial charge in [-0.15, -0.1) is 0 Å². The normalized spacial score (nSPS) is 13.6. The van der Waals surface area contributed by atoms with Gasteiger partial charge in [0.15, 0.2) is 0 Å². The Kier molecular flexibility index (Phi) is 4.47. The fourth-order valence-electron chi connectivity index (χ4n) is 2.02. The van der Waals surface area contributed by atoms with Crippen LogP contribution in [0.1, 0.15) is 26.3 Å². The Labute approximate surface area is 115 Å². The Bertz CT molecular complexity index is 567. The van der Waals surface area contributed by atoms with Crippen molar-refractivity contribution in [1.29, 1.82) is 0 Å². The summed E-state index contributed by atoms with van der Waals surface area (Å²) in [4.78, 5) is 2.12. The van der Waals surface area contributed by atoms with Crippen molar-refractivity contribution in [2.45, 2.75) is 38.6 Å². The Balaban J connectivity index is 3.42. The lowest BCUT2D eigenvalue weighted by Gasteiger charge is -2.32. The number of hydrogen-bond donors (Lipinski definition) is 2. The molecule has 0 bridgehead atoms. The van der Waals surface area contributed by atoms with Crippen molar-refractivity contribution in [1.82, 2.24) is 0 Å². The summed E-state index contributed by atoms with van der Waals surface area (Å²) < 4.78 is 23.2. The number of hydrogen-bond acceptors (Lipinski definition) is 4. The first-order valence-electron chi connectivity index (χ1n) is 6.21. The van der Waals surface area contributed by atoms with E-state index in [9.17, 15) is 8.42 Å². The van der Waals surface area contributed by atoms with Gasteiger partial charge in [0.25, 0.3) is 0 Å². The van der Waals surface area contributed by atoms with Crippen LogP contribution in [0.2, 0.25) is 0 Å². The average molecular weight is 285 g/mol. The second kappa shape index (κ2) is 5.38. The van der Waals surface area contributed by atoms with Crippen LogP contribution in [0.15, 0.2) is 17.0 Å². The monoisotopic (exact) mass is 285 g/mol. The third kappa shape index (κ3) is 3.39. The van der Waals surface area contributed by atoms with E-state index in [-0.39, 0.29) is 10.9 Å². The smallest absolute Gasteiger partial charge is 0.238 e. The molecule has 6 heteroatoms. The maximum absolute atomic E-state index is 11.6. The predicted molar refractivity (Wildman–Crippen MR) is 79.7 cm³/mol. The molecule has 0 aliphatic rings. The summed E-state index contributed by atoms with van der Waals surface area (Å²) >= 11 is 0. The van der Waals surface area contributed by atoms with Crippen molar-refractivity contribution in [2.75, 3.05) is 17.7 Å². The molecule has 0 aliphatic carbocycles. The lowest BCUT2D eigenvalue weighted by atomic mass is 10.0. The number of benzene rings is 1. The number of anilines is 2. The molecule has 1 unspecified atom stereocenters. The molecule has 0 heterocycles. The zero-order valence-electron chi connectivity index (χ0n) is 12.1. The number of nitrogen functional groups attached to an aromatic ring is 1. The van der Waals surface area contributed by atoms with Crippen LogP contribution in [0.25, 0.3) is 0 Å². The fourth-order valence-corrected chi connectivity index (χ4v) is 2.85. The molecular formula is C13H23N3O2S. The molecule has 0 saturated heterocycles. The van der Waals surface area contributed by atoms with Gasteiger partial charge in [-0.1, -0.05) is 13.8 Å². The van der Waals surface area contributed by atoms with Crippen LogP contribution in [0.4, 0.5) is 11.4 Å². The zero-order chi connectivity index (χ0) is 15.0. The summed E-state index contributed by atoms with van der Waals surface area (Å²) in [7, 11) is -1.83. The van der Waals surface area contributed by atoms with Crippen LogP contribution in [0, 0.1) is 12.8 Å². The predicted octanol–water partition coefficient (Wildman–Crippen LogP) is 1.71. The molecule has 0 aliphatic heterocycles. The van der Waals surface area contributed by atoms with Gasteiger partial charge in [-0.2, -0.15) is 0 Å². The Morgan fingerprint density at radius 3 is 2.16 bits per heavy atom. The van der Waals surface area contributed by atoms with Crippen molar-refractivity contribution < 1.29 is 8.42 Å². The summed E-state index contributed by atoms with van der Waals surface area (Å²) in [6.07, 6.45) is 0. The van der Waals surface area contributed by atoms with E-state index < -0.39 is 10.0 Å². The minimum Gasteiger partial charge on any atom is -0.399 e. The minimum absolute atomic E-state index is 0.0882. The summed E-state index contributed by atoms with van der Waals surface area (Å²) in [6, 6.07) is 3.44. The highest BCUT2D eigenvalue weighted by molar-refractivity contribution is 7.89. The molecule has 1 aromatic rings. The third-order valence-electron chi connectivity index (χ3n) is 3.62. The highest BCUT2D eigenvalue weighted by Crippen LogP contribution is 2.30. The van der Waals surface area contributed by atoms with Gasteiger partial charge in [-0.3, -0.25) is 0 Å². The Morgan fingerprint density at radius 2 is 1.74 bits per heavy atom. The van der Waals surface area contributed by atoms with Gasteiger partial charge in [0.05, 0.1) is 4.90 Å². The molecule has 19 heavy (non-hydrogen) atoms. The van der Waals surface area contributed by atoms with Crippen LogP contribution in [0.3, 0.4) is 0 Å². The Hall–Kier alpha value is -1.27. The SMILES string of the molecule is Cc1c(N(C)C(C)C(C)C)cc(N)cc1S(N)(=O)=O. The highest BCUT2D eigenvalue weighted by Gasteiger charge is 2.21. The topological polar surface area (TPSA) is 89.4 Å². The molecule has 0 radical (unpaired) electrons. The average Bonchev–Trinajstić information content (AvgIpc) is 2.28. The van der Waals surface area contributed by atoms with E-state index in [4.69, 9.17) is 10.9 Å². The van der Waals surface area contributed by atoms with E-state index in [0.717, 1.165) is 5.69 Å². The quantitative estimate of drug-likeness (QED) is 0.824. The number of nitrogens with zero attached hydrogens (tertiary/aromatic N) is 1. The van der Waals surface area contributed by atoms with Crippen LogP contribution < -0.4 is 15.8 Å². The van der Waals surface area contributed by atoms with Gasteiger partial charge in [-0.25, -0.2) is 13.6 Å². The molecule has 0 fully saturated rings. The highest BCUT2D eigenvalue weighted by atomic mass is 32.2. The number of rotatable bonds is 4. The maximum Gasteiger partial charge on any atom is 0.238 e. The van der Waals surface area contributed by atoms with Crippen molar-refractivity contribution in [3.63, 3.8) is 0 Å². The first-order valence-corrected chi connectivity index (χ1v) is 7.76. The number of nitrogens with two attached hydrogens (primary N) is 2. The van der Waals surface area contributed by atoms with Crippen molar-refractivity contribution in [2.24, 2.45) is 11.1 Å². The van der Waals surface area contributed by atoms with Gasteiger partial charge < -0.3 is 10.6 Å². The molecular weight excluding hydrogens is 262 g/mol. The van der Waals surface area contributed by atoms with Crippen molar-refractivity contribution in [3.05, 3.63) is 17.7 Å². The molecule has 0 aromatic heterocycles. The lowest BCUT2D eigenvalue weighted by Crippen LogP contribution is -2.34. The van der Waals surface area contributed by atoms with Crippen LogP contribution in [0.5, 0.6) is 0 Å². The minimum atomic E-state index is -3.76. The summed E-state index contributed by atoms with van der Waals surface area (Å²) in [5.74, 6) is 0.434. The first kappa shape index (κ1) is 15.8.